The maximum Gasteiger partial charge on any atom is 0.166 e. The highest BCUT2D eigenvalue weighted by Gasteiger charge is 2.43. The van der Waals surface area contributed by atoms with Crippen LogP contribution in [-0.2, 0) is 0 Å². The summed E-state index contributed by atoms with van der Waals surface area (Å²) in [5, 5.41) is 31.3. The van der Waals surface area contributed by atoms with E-state index in [1.807, 2.05) is 0 Å². The van der Waals surface area contributed by atoms with E-state index >= 15 is 0 Å². The van der Waals surface area contributed by atoms with Crippen molar-refractivity contribution in [2.75, 3.05) is 19.0 Å². The molecule has 1 aliphatic heterocycles. The van der Waals surface area contributed by atoms with Gasteiger partial charge in [0.05, 0.1) is 24.3 Å². The minimum absolute atomic E-state index is 0.192. The van der Waals surface area contributed by atoms with Crippen LogP contribution in [0.25, 0.3) is 11.2 Å². The number of nitrogens with zero attached hydrogens (tertiary/aromatic N) is 4. The molecular weight excluding hydrogens is 282 g/mol. The number of aliphatic hydroxyl groups is 3. The van der Waals surface area contributed by atoms with Gasteiger partial charge in [-0.15, -0.1) is 11.8 Å². The third-order valence-corrected chi connectivity index (χ3v) is 4.95. The fourth-order valence-corrected chi connectivity index (χ4v) is 3.70. The van der Waals surface area contributed by atoms with Crippen LogP contribution in [0.15, 0.2) is 12.7 Å². The summed E-state index contributed by atoms with van der Waals surface area (Å²) >= 11 is 1.31. The standard InChI is InChI=1S/C11H15N5O3S/c1-12-9-6-10(14-3-13-9)16(4-15-6)11-8(19)7(18)5(2-17)20-11/h3-5,7-8,11,17-19H,2H2,1H3,(H,12,13,14)/t5-,7-,8-,11-/m1/s1. The monoisotopic (exact) mass is 297 g/mol. The molecule has 108 valence electrons. The Labute approximate surface area is 118 Å². The van der Waals surface area contributed by atoms with Gasteiger partial charge >= 0.3 is 0 Å². The molecule has 1 fully saturated rings. The molecule has 20 heavy (non-hydrogen) atoms. The molecule has 3 heterocycles. The van der Waals surface area contributed by atoms with Crippen molar-refractivity contribution in [2.45, 2.75) is 22.8 Å². The molecule has 9 heteroatoms. The zero-order valence-electron chi connectivity index (χ0n) is 10.7. The van der Waals surface area contributed by atoms with Crippen LogP contribution < -0.4 is 5.32 Å². The molecular formula is C11H15N5O3S. The molecule has 0 unspecified atom stereocenters. The van der Waals surface area contributed by atoms with Crippen LogP contribution in [-0.4, -0.2) is 66.0 Å². The average Bonchev–Trinajstić information content (AvgIpc) is 3.01. The van der Waals surface area contributed by atoms with E-state index < -0.39 is 22.8 Å². The largest absolute Gasteiger partial charge is 0.395 e. The highest BCUT2D eigenvalue weighted by Crippen LogP contribution is 2.42. The van der Waals surface area contributed by atoms with Crippen molar-refractivity contribution in [1.29, 1.82) is 0 Å². The van der Waals surface area contributed by atoms with Crippen molar-refractivity contribution in [2.24, 2.45) is 0 Å². The van der Waals surface area contributed by atoms with Gasteiger partial charge in [0.25, 0.3) is 0 Å². The van der Waals surface area contributed by atoms with Gasteiger partial charge in [-0.1, -0.05) is 0 Å². The minimum atomic E-state index is -0.984. The first-order valence-corrected chi connectivity index (χ1v) is 7.09. The van der Waals surface area contributed by atoms with Gasteiger partial charge in [0.15, 0.2) is 11.5 Å². The number of rotatable bonds is 3. The summed E-state index contributed by atoms with van der Waals surface area (Å²) in [4.78, 5) is 12.5. The van der Waals surface area contributed by atoms with Crippen molar-refractivity contribution < 1.29 is 15.3 Å². The summed E-state index contributed by atoms with van der Waals surface area (Å²) in [6.07, 6.45) is 1.02. The Hall–Kier alpha value is -1.42. The van der Waals surface area contributed by atoms with E-state index in [9.17, 15) is 15.3 Å². The molecule has 3 rings (SSSR count). The van der Waals surface area contributed by atoms with E-state index in [0.717, 1.165) is 0 Å². The second-order valence-electron chi connectivity index (χ2n) is 4.53. The van der Waals surface area contributed by atoms with Crippen molar-refractivity contribution in [1.82, 2.24) is 19.5 Å². The Morgan fingerprint density at radius 3 is 2.75 bits per heavy atom. The van der Waals surface area contributed by atoms with Crippen LogP contribution in [0.1, 0.15) is 5.37 Å². The maximum absolute atomic E-state index is 10.1. The number of fused-ring (bicyclic) bond motifs is 1. The Bertz CT molecular complexity index is 621. The third kappa shape index (κ3) is 1.94. The molecule has 0 radical (unpaired) electrons. The van der Waals surface area contributed by atoms with Gasteiger partial charge in [0.2, 0.25) is 0 Å². The van der Waals surface area contributed by atoms with Crippen LogP contribution in [0.3, 0.4) is 0 Å². The van der Waals surface area contributed by atoms with Crippen LogP contribution in [0, 0.1) is 0 Å². The van der Waals surface area contributed by atoms with Crippen LogP contribution >= 0.6 is 11.8 Å². The molecule has 0 aromatic carbocycles. The summed E-state index contributed by atoms with van der Waals surface area (Å²) in [7, 11) is 1.74. The molecule has 2 aromatic heterocycles. The third-order valence-electron chi connectivity index (χ3n) is 3.39. The highest BCUT2D eigenvalue weighted by molar-refractivity contribution is 8.00. The second kappa shape index (κ2) is 5.17. The number of nitrogens with one attached hydrogen (secondary N) is 1. The van der Waals surface area contributed by atoms with Crippen LogP contribution in [0.2, 0.25) is 0 Å². The minimum Gasteiger partial charge on any atom is -0.395 e. The summed E-state index contributed by atoms with van der Waals surface area (Å²) in [5.41, 5.74) is 1.18. The van der Waals surface area contributed by atoms with Gasteiger partial charge in [-0.05, 0) is 0 Å². The molecule has 1 aliphatic rings. The normalized spacial score (nSPS) is 30.0. The van der Waals surface area contributed by atoms with Gasteiger partial charge in [0, 0.05) is 7.05 Å². The zero-order chi connectivity index (χ0) is 14.3. The highest BCUT2D eigenvalue weighted by atomic mass is 32.2. The molecule has 8 nitrogen and oxygen atoms in total. The van der Waals surface area contributed by atoms with Crippen molar-refractivity contribution >= 4 is 28.7 Å². The lowest BCUT2D eigenvalue weighted by Gasteiger charge is -2.16. The summed E-state index contributed by atoms with van der Waals surface area (Å²) in [6, 6.07) is 0. The van der Waals surface area contributed by atoms with E-state index in [0.29, 0.717) is 17.0 Å². The van der Waals surface area contributed by atoms with Gasteiger partial charge in [-0.2, -0.15) is 0 Å². The molecule has 4 atom stereocenters. The number of hydrogen-bond acceptors (Lipinski definition) is 8. The lowest BCUT2D eigenvalue weighted by atomic mass is 10.1. The van der Waals surface area contributed by atoms with E-state index in [1.165, 1.54) is 18.1 Å². The van der Waals surface area contributed by atoms with Gasteiger partial charge in [-0.3, -0.25) is 4.57 Å². The number of aromatic nitrogens is 4. The summed E-state index contributed by atoms with van der Waals surface area (Å²) in [5.74, 6) is 0.602. The lowest BCUT2D eigenvalue weighted by Crippen LogP contribution is -2.32. The van der Waals surface area contributed by atoms with Crippen LogP contribution in [0.4, 0.5) is 5.82 Å². The van der Waals surface area contributed by atoms with E-state index in [1.54, 1.807) is 17.9 Å². The number of hydrogen-bond donors (Lipinski definition) is 4. The van der Waals surface area contributed by atoms with Crippen molar-refractivity contribution in [3.8, 4) is 0 Å². The molecule has 0 aliphatic carbocycles. The average molecular weight is 297 g/mol. The molecule has 0 amide bonds. The Morgan fingerprint density at radius 2 is 2.10 bits per heavy atom. The van der Waals surface area contributed by atoms with Gasteiger partial charge in [-0.25, -0.2) is 15.0 Å². The fourth-order valence-electron chi connectivity index (χ4n) is 2.33. The topological polar surface area (TPSA) is 116 Å². The Balaban J connectivity index is 2.03. The molecule has 0 spiro atoms. The first-order valence-electron chi connectivity index (χ1n) is 6.15. The van der Waals surface area contributed by atoms with Crippen molar-refractivity contribution in [3.05, 3.63) is 12.7 Å². The van der Waals surface area contributed by atoms with E-state index in [4.69, 9.17) is 0 Å². The maximum atomic E-state index is 10.1. The zero-order valence-corrected chi connectivity index (χ0v) is 11.5. The lowest BCUT2D eigenvalue weighted by molar-refractivity contribution is 0.0113. The second-order valence-corrected chi connectivity index (χ2v) is 5.89. The first kappa shape index (κ1) is 13.6. The quantitative estimate of drug-likeness (QED) is 0.581. The van der Waals surface area contributed by atoms with Gasteiger partial charge < -0.3 is 20.6 Å². The summed E-state index contributed by atoms with van der Waals surface area (Å²) < 4.78 is 1.70. The summed E-state index contributed by atoms with van der Waals surface area (Å²) in [6.45, 7) is -0.192. The van der Waals surface area contributed by atoms with E-state index in [2.05, 4.69) is 20.3 Å². The molecule has 1 saturated heterocycles. The fraction of sp³-hybridized carbons (Fsp3) is 0.545. The number of anilines is 1. The van der Waals surface area contributed by atoms with E-state index in [-0.39, 0.29) is 6.61 Å². The molecule has 2 aromatic rings. The molecule has 0 saturated carbocycles. The first-order chi connectivity index (χ1) is 9.67. The number of imidazole rings is 1. The SMILES string of the molecule is CNc1ncnc2c1ncn2[C@@H]1S[C@H](CO)[C@@H](O)[C@H]1O. The molecule has 4 N–H and O–H groups in total. The van der Waals surface area contributed by atoms with Gasteiger partial charge in [0.1, 0.15) is 23.3 Å². The van der Waals surface area contributed by atoms with Crippen LogP contribution in [0.5, 0.6) is 0 Å². The Kier molecular flexibility index (Phi) is 3.50. The number of aliphatic hydroxyl groups excluding tert-OH is 3. The predicted octanol–water partition coefficient (Wildman–Crippen LogP) is -0.804. The molecule has 0 bridgehead atoms. The number of thioether (sulfide) groups is 1. The van der Waals surface area contributed by atoms with Crippen molar-refractivity contribution in [3.63, 3.8) is 0 Å². The Morgan fingerprint density at radius 1 is 1.30 bits per heavy atom. The predicted molar refractivity (Wildman–Crippen MR) is 74.4 cm³/mol. The smallest absolute Gasteiger partial charge is 0.166 e.